The fourth-order valence-electron chi connectivity index (χ4n) is 3.31. The molecule has 1 aromatic heterocycles. The molecular formula is C13H18N2. The monoisotopic (exact) mass is 202 g/mol. The molecular weight excluding hydrogens is 184 g/mol. The summed E-state index contributed by atoms with van der Waals surface area (Å²) in [4.78, 5) is 6.95. The number of aryl methyl sites for hydroxylation is 1. The fraction of sp³-hybridized carbons (Fsp3) is 0.615. The van der Waals surface area contributed by atoms with Crippen molar-refractivity contribution in [2.75, 3.05) is 13.1 Å². The average molecular weight is 202 g/mol. The van der Waals surface area contributed by atoms with E-state index >= 15 is 0 Å². The van der Waals surface area contributed by atoms with Gasteiger partial charge in [0.05, 0.1) is 0 Å². The van der Waals surface area contributed by atoms with E-state index in [0.29, 0.717) is 0 Å². The second-order valence-corrected chi connectivity index (χ2v) is 4.87. The molecule has 0 radical (unpaired) electrons. The zero-order valence-electron chi connectivity index (χ0n) is 9.32. The molecule has 0 N–H and O–H groups in total. The standard InChI is InChI=1S/C13H18N2/c1-10-4-6-14-9-12(10)11-5-8-15-7-2-3-13(11)15/h4,6,9,11,13H,2-3,5,7-8H2,1H3. The lowest BCUT2D eigenvalue weighted by atomic mass is 9.89. The summed E-state index contributed by atoms with van der Waals surface area (Å²) in [6, 6.07) is 2.96. The first-order chi connectivity index (χ1) is 7.36. The van der Waals surface area contributed by atoms with Gasteiger partial charge in [-0.25, -0.2) is 0 Å². The minimum atomic E-state index is 0.751. The Balaban J connectivity index is 1.91. The molecule has 2 aliphatic heterocycles. The second kappa shape index (κ2) is 3.60. The summed E-state index contributed by atoms with van der Waals surface area (Å²) >= 11 is 0. The summed E-state index contributed by atoms with van der Waals surface area (Å²) < 4.78 is 0. The molecule has 2 fully saturated rings. The van der Waals surface area contributed by atoms with Gasteiger partial charge in [-0.05, 0) is 56.5 Å². The molecule has 0 aromatic carbocycles. The van der Waals surface area contributed by atoms with Crippen LogP contribution in [0.3, 0.4) is 0 Å². The third kappa shape index (κ3) is 1.48. The van der Waals surface area contributed by atoms with Gasteiger partial charge in [-0.1, -0.05) is 0 Å². The molecule has 15 heavy (non-hydrogen) atoms. The summed E-state index contributed by atoms with van der Waals surface area (Å²) in [7, 11) is 0. The van der Waals surface area contributed by atoms with E-state index in [2.05, 4.69) is 29.1 Å². The van der Waals surface area contributed by atoms with Gasteiger partial charge in [0.1, 0.15) is 0 Å². The first kappa shape index (κ1) is 9.34. The van der Waals surface area contributed by atoms with Gasteiger partial charge in [-0.2, -0.15) is 0 Å². The minimum absolute atomic E-state index is 0.751. The summed E-state index contributed by atoms with van der Waals surface area (Å²) in [6.45, 7) is 4.83. The minimum Gasteiger partial charge on any atom is -0.300 e. The van der Waals surface area contributed by atoms with E-state index in [9.17, 15) is 0 Å². The lowest BCUT2D eigenvalue weighted by molar-refractivity contribution is 0.313. The van der Waals surface area contributed by atoms with Crippen LogP contribution in [0.2, 0.25) is 0 Å². The first-order valence-corrected chi connectivity index (χ1v) is 6.01. The number of aromatic nitrogens is 1. The lowest BCUT2D eigenvalue weighted by Gasteiger charge is -2.21. The Kier molecular flexibility index (Phi) is 2.24. The zero-order valence-corrected chi connectivity index (χ0v) is 9.32. The third-order valence-corrected chi connectivity index (χ3v) is 4.09. The number of pyridine rings is 1. The Labute approximate surface area is 91.3 Å². The zero-order chi connectivity index (χ0) is 10.3. The molecule has 2 unspecified atom stereocenters. The van der Waals surface area contributed by atoms with Crippen LogP contribution in [-0.2, 0) is 0 Å². The highest BCUT2D eigenvalue weighted by Gasteiger charge is 2.38. The van der Waals surface area contributed by atoms with Crippen molar-refractivity contribution in [1.29, 1.82) is 0 Å². The molecule has 2 nitrogen and oxygen atoms in total. The van der Waals surface area contributed by atoms with E-state index in [1.54, 1.807) is 0 Å². The van der Waals surface area contributed by atoms with Crippen molar-refractivity contribution in [1.82, 2.24) is 9.88 Å². The molecule has 2 aliphatic rings. The maximum absolute atomic E-state index is 4.29. The van der Waals surface area contributed by atoms with E-state index in [1.807, 2.05) is 6.20 Å². The molecule has 3 rings (SSSR count). The van der Waals surface area contributed by atoms with Crippen molar-refractivity contribution in [2.45, 2.75) is 38.1 Å². The van der Waals surface area contributed by atoms with E-state index in [0.717, 1.165) is 12.0 Å². The molecule has 0 bridgehead atoms. The number of fused-ring (bicyclic) bond motifs is 1. The quantitative estimate of drug-likeness (QED) is 0.695. The summed E-state index contributed by atoms with van der Waals surface area (Å²) in [6.07, 6.45) is 8.10. The van der Waals surface area contributed by atoms with Crippen LogP contribution >= 0.6 is 0 Å². The summed E-state index contributed by atoms with van der Waals surface area (Å²) in [5.74, 6) is 0.751. The van der Waals surface area contributed by atoms with Crippen LogP contribution in [0, 0.1) is 6.92 Å². The van der Waals surface area contributed by atoms with Crippen LogP contribution in [0.25, 0.3) is 0 Å². The van der Waals surface area contributed by atoms with Crippen LogP contribution in [0.4, 0.5) is 0 Å². The van der Waals surface area contributed by atoms with Gasteiger partial charge in [0, 0.05) is 24.4 Å². The van der Waals surface area contributed by atoms with Crippen molar-refractivity contribution in [2.24, 2.45) is 0 Å². The molecule has 0 amide bonds. The van der Waals surface area contributed by atoms with Gasteiger partial charge >= 0.3 is 0 Å². The van der Waals surface area contributed by atoms with Crippen LogP contribution in [0.5, 0.6) is 0 Å². The predicted octanol–water partition coefficient (Wildman–Crippen LogP) is 2.34. The van der Waals surface area contributed by atoms with Gasteiger partial charge in [-0.15, -0.1) is 0 Å². The molecule has 1 aromatic rings. The average Bonchev–Trinajstić information content (AvgIpc) is 2.80. The predicted molar refractivity (Wildman–Crippen MR) is 60.9 cm³/mol. The van der Waals surface area contributed by atoms with Crippen LogP contribution in [-0.4, -0.2) is 29.0 Å². The molecule has 0 saturated carbocycles. The van der Waals surface area contributed by atoms with Gasteiger partial charge in [0.2, 0.25) is 0 Å². The Bertz CT molecular complexity index is 361. The van der Waals surface area contributed by atoms with Crippen molar-refractivity contribution >= 4 is 0 Å². The molecule has 0 spiro atoms. The van der Waals surface area contributed by atoms with Crippen molar-refractivity contribution in [3.8, 4) is 0 Å². The van der Waals surface area contributed by atoms with E-state index in [4.69, 9.17) is 0 Å². The van der Waals surface area contributed by atoms with Gasteiger partial charge in [0.25, 0.3) is 0 Å². The van der Waals surface area contributed by atoms with Crippen molar-refractivity contribution in [3.05, 3.63) is 29.6 Å². The highest BCUT2D eigenvalue weighted by molar-refractivity contribution is 5.28. The molecule has 2 atom stereocenters. The highest BCUT2D eigenvalue weighted by atomic mass is 15.2. The topological polar surface area (TPSA) is 16.1 Å². The number of hydrogen-bond donors (Lipinski definition) is 0. The molecule has 80 valence electrons. The molecule has 3 heterocycles. The molecule has 2 heteroatoms. The van der Waals surface area contributed by atoms with Crippen LogP contribution in [0.15, 0.2) is 18.5 Å². The Morgan fingerprint density at radius 3 is 3.13 bits per heavy atom. The van der Waals surface area contributed by atoms with Gasteiger partial charge in [-0.3, -0.25) is 9.88 Å². The second-order valence-electron chi connectivity index (χ2n) is 4.87. The van der Waals surface area contributed by atoms with Crippen LogP contribution < -0.4 is 0 Å². The first-order valence-electron chi connectivity index (χ1n) is 6.01. The lowest BCUT2D eigenvalue weighted by Crippen LogP contribution is -2.25. The highest BCUT2D eigenvalue weighted by Crippen LogP contribution is 2.39. The Morgan fingerprint density at radius 2 is 2.27 bits per heavy atom. The number of rotatable bonds is 1. The maximum Gasteiger partial charge on any atom is 0.0305 e. The third-order valence-electron chi connectivity index (χ3n) is 4.09. The van der Waals surface area contributed by atoms with Gasteiger partial charge < -0.3 is 0 Å². The Hall–Kier alpha value is -0.890. The molecule has 0 aliphatic carbocycles. The van der Waals surface area contributed by atoms with Crippen molar-refractivity contribution in [3.63, 3.8) is 0 Å². The van der Waals surface area contributed by atoms with E-state index in [1.165, 1.54) is 43.5 Å². The van der Waals surface area contributed by atoms with Crippen LogP contribution in [0.1, 0.15) is 36.3 Å². The molecule has 2 saturated heterocycles. The summed E-state index contributed by atoms with van der Waals surface area (Å²) in [5.41, 5.74) is 2.91. The maximum atomic E-state index is 4.29. The summed E-state index contributed by atoms with van der Waals surface area (Å²) in [5, 5.41) is 0. The largest absolute Gasteiger partial charge is 0.300 e. The normalized spacial score (nSPS) is 30.7. The van der Waals surface area contributed by atoms with Crippen molar-refractivity contribution < 1.29 is 0 Å². The fourth-order valence-corrected chi connectivity index (χ4v) is 3.31. The SMILES string of the molecule is Cc1ccncc1C1CCN2CCCC12. The van der Waals surface area contributed by atoms with E-state index in [-0.39, 0.29) is 0 Å². The number of nitrogens with zero attached hydrogens (tertiary/aromatic N) is 2. The Morgan fingerprint density at radius 1 is 1.33 bits per heavy atom. The number of hydrogen-bond acceptors (Lipinski definition) is 2. The van der Waals surface area contributed by atoms with Gasteiger partial charge in [0.15, 0.2) is 0 Å². The van der Waals surface area contributed by atoms with E-state index < -0.39 is 0 Å². The smallest absolute Gasteiger partial charge is 0.0305 e.